The van der Waals surface area contributed by atoms with Gasteiger partial charge in [-0.3, -0.25) is 4.79 Å². The third kappa shape index (κ3) is 7.60. The van der Waals surface area contributed by atoms with Gasteiger partial charge in [-0.25, -0.2) is 0 Å². The van der Waals surface area contributed by atoms with Gasteiger partial charge in [0.05, 0.1) is 21.2 Å². The molecule has 0 amide bonds. The number of halogens is 3. The van der Waals surface area contributed by atoms with Crippen molar-refractivity contribution >= 4 is 77.9 Å². The van der Waals surface area contributed by atoms with Gasteiger partial charge >= 0.3 is 0 Å². The van der Waals surface area contributed by atoms with Crippen molar-refractivity contribution in [1.82, 2.24) is 0 Å². The van der Waals surface area contributed by atoms with Crippen LogP contribution in [0.3, 0.4) is 0 Å². The molecule has 23 heavy (non-hydrogen) atoms. The van der Waals surface area contributed by atoms with Crippen LogP contribution in [0.5, 0.6) is 0 Å². The lowest BCUT2D eigenvalue weighted by Crippen LogP contribution is -2.42. The molecule has 0 aromatic carbocycles. The molecular weight excluding hydrogens is 578 g/mol. The van der Waals surface area contributed by atoms with Gasteiger partial charge in [0.25, 0.3) is 0 Å². The highest BCUT2D eigenvalue weighted by molar-refractivity contribution is 14.2. The zero-order valence-electron chi connectivity index (χ0n) is 13.0. The van der Waals surface area contributed by atoms with Crippen molar-refractivity contribution < 1.29 is 8.98 Å². The van der Waals surface area contributed by atoms with E-state index in [0.717, 1.165) is 30.6 Å². The molecule has 0 heterocycles. The highest BCUT2D eigenvalue weighted by Gasteiger charge is 2.43. The van der Waals surface area contributed by atoms with Gasteiger partial charge in [-0.15, -0.1) is 0 Å². The Kier molecular flexibility index (Phi) is 11.5. The summed E-state index contributed by atoms with van der Waals surface area (Å²) in [5.41, 5.74) is 0.712. The Labute approximate surface area is 177 Å². The monoisotopic (exact) mass is 598 g/mol. The van der Waals surface area contributed by atoms with Crippen LogP contribution in [0.25, 0.3) is 0 Å². The maximum absolute atomic E-state index is 12.7. The molecule has 2 atom stereocenters. The van der Waals surface area contributed by atoms with E-state index in [1.165, 1.54) is 9.21 Å². The average molecular weight is 599 g/mol. The van der Waals surface area contributed by atoms with Crippen molar-refractivity contribution in [2.24, 2.45) is 11.3 Å². The molecule has 2 nitrogen and oxygen atoms in total. The lowest BCUT2D eigenvalue weighted by atomic mass is 9.70. The summed E-state index contributed by atoms with van der Waals surface area (Å²) in [4.78, 5) is 12.7. The van der Waals surface area contributed by atoms with Crippen LogP contribution in [0.2, 0.25) is 0 Å². The summed E-state index contributed by atoms with van der Waals surface area (Å²) < 4.78 is 5.51. The maximum atomic E-state index is 12.7. The number of carbonyl (C=O) groups is 1. The van der Waals surface area contributed by atoms with Gasteiger partial charge in [0, 0.05) is 38.4 Å². The first kappa shape index (κ1) is 22.3. The van der Waals surface area contributed by atoms with E-state index in [2.05, 4.69) is 49.0 Å². The zero-order valence-corrected chi connectivity index (χ0v) is 19.7. The quantitative estimate of drug-likeness (QED) is 0.161. The van der Waals surface area contributed by atoms with Crippen molar-refractivity contribution in [2.45, 2.75) is 32.6 Å². The Morgan fingerprint density at radius 1 is 1.52 bits per heavy atom. The molecule has 0 saturated heterocycles. The molecular formula is C16H21ClI2O2S2. The van der Waals surface area contributed by atoms with E-state index in [1.54, 1.807) is 8.93 Å². The number of rotatable bonds is 9. The molecule has 2 unspecified atom stereocenters. The van der Waals surface area contributed by atoms with Crippen LogP contribution < -0.4 is 0 Å². The minimum absolute atomic E-state index is 0.314. The molecule has 1 aliphatic carbocycles. The predicted molar refractivity (Wildman–Crippen MR) is 121 cm³/mol. The molecule has 0 radical (unpaired) electrons. The second-order valence-electron chi connectivity index (χ2n) is 5.76. The van der Waals surface area contributed by atoms with Gasteiger partial charge in [0.15, 0.2) is 0 Å². The van der Waals surface area contributed by atoms with Gasteiger partial charge in [-0.2, -0.15) is 0 Å². The highest BCUT2D eigenvalue weighted by atomic mass is 127. The summed E-state index contributed by atoms with van der Waals surface area (Å²) in [7, 11) is 3.01. The molecule has 0 aromatic heterocycles. The van der Waals surface area contributed by atoms with Crippen LogP contribution >= 0.6 is 72.2 Å². The molecule has 1 rings (SSSR count). The summed E-state index contributed by atoms with van der Waals surface area (Å²) in [6.45, 7) is 6.50. The number of allylic oxidation sites excluding steroid dienone is 5. The van der Waals surface area contributed by atoms with Crippen LogP contribution in [-0.2, 0) is 8.98 Å². The maximum Gasteiger partial charge on any atom is 0.142 e. The lowest BCUT2D eigenvalue weighted by Gasteiger charge is -2.37. The summed E-state index contributed by atoms with van der Waals surface area (Å²) >= 11 is 10.3. The van der Waals surface area contributed by atoms with E-state index in [4.69, 9.17) is 15.8 Å². The van der Waals surface area contributed by atoms with Gasteiger partial charge in [-0.05, 0) is 59.4 Å². The molecule has 1 saturated carbocycles. The van der Waals surface area contributed by atoms with E-state index < -0.39 is 0 Å². The minimum Gasteiger partial charge on any atom is -0.304 e. The van der Waals surface area contributed by atoms with Gasteiger partial charge in [0.1, 0.15) is 5.78 Å². The molecule has 0 aromatic rings. The smallest absolute Gasteiger partial charge is 0.142 e. The fraction of sp³-hybridized carbons (Fsp3) is 0.562. The summed E-state index contributed by atoms with van der Waals surface area (Å²) in [5.74, 6) is 1.55. The standard InChI is InChI=1S/C16H21ClI2O2S2/c1-3-14(17)5-4-12(2)8-13-6-7-16(11-22-18,10-21-23-19)15(20)9-13/h3-5,13H,2,6-11H2,1H3/b5-4-,14-3+. The van der Waals surface area contributed by atoms with Crippen molar-refractivity contribution in [3.63, 3.8) is 0 Å². The first-order chi connectivity index (χ1) is 11.0. The number of carbonyl (C=O) groups excluding carboxylic acids is 1. The number of Topliss-reactive ketones (excluding diaryl/α,β-unsaturated/α-hetero) is 1. The topological polar surface area (TPSA) is 26.3 Å². The van der Waals surface area contributed by atoms with Gasteiger partial charge in [0.2, 0.25) is 0 Å². The summed E-state index contributed by atoms with van der Waals surface area (Å²) in [6, 6.07) is 0. The van der Waals surface area contributed by atoms with Crippen molar-refractivity contribution in [3.05, 3.63) is 35.4 Å². The van der Waals surface area contributed by atoms with Crippen molar-refractivity contribution in [1.29, 1.82) is 0 Å². The van der Waals surface area contributed by atoms with Crippen LogP contribution in [0, 0.1) is 11.3 Å². The Morgan fingerprint density at radius 3 is 2.83 bits per heavy atom. The van der Waals surface area contributed by atoms with Crippen LogP contribution in [0.4, 0.5) is 0 Å². The normalized spacial score (nSPS) is 26.0. The molecule has 0 aliphatic heterocycles. The van der Waals surface area contributed by atoms with E-state index in [0.29, 0.717) is 29.8 Å². The third-order valence-corrected chi connectivity index (χ3v) is 7.02. The van der Waals surface area contributed by atoms with Crippen molar-refractivity contribution in [2.75, 3.05) is 12.4 Å². The fourth-order valence-electron chi connectivity index (χ4n) is 2.69. The Hall–Kier alpha value is 1.30. The second kappa shape index (κ2) is 11.8. The molecule has 0 N–H and O–H groups in total. The SMILES string of the molecule is C=C(/C=C\C(Cl)=C/C)CC1CCC(COSI)(CSI)C(=O)C1. The van der Waals surface area contributed by atoms with Crippen LogP contribution in [0.1, 0.15) is 32.6 Å². The van der Waals surface area contributed by atoms with E-state index in [1.807, 2.05) is 25.2 Å². The summed E-state index contributed by atoms with van der Waals surface area (Å²) in [5, 5.41) is 0.706. The highest BCUT2D eigenvalue weighted by Crippen LogP contribution is 2.42. The molecule has 7 heteroatoms. The first-order valence-corrected chi connectivity index (χ1v) is 14.5. The fourth-order valence-corrected chi connectivity index (χ4v) is 5.79. The Balaban J connectivity index is 2.61. The lowest BCUT2D eigenvalue weighted by molar-refractivity contribution is -0.133. The number of hydrogen-bond acceptors (Lipinski definition) is 4. The van der Waals surface area contributed by atoms with Crippen molar-refractivity contribution in [3.8, 4) is 0 Å². The molecule has 0 bridgehead atoms. The second-order valence-corrected chi connectivity index (χ2v) is 10.0. The number of hydrogen-bond donors (Lipinski definition) is 0. The number of ketones is 1. The largest absolute Gasteiger partial charge is 0.304 e. The predicted octanol–water partition coefficient (Wildman–Crippen LogP) is 7.09. The molecule has 1 fully saturated rings. The first-order valence-electron chi connectivity index (χ1n) is 7.32. The average Bonchev–Trinajstić information content (AvgIpc) is 2.54. The van der Waals surface area contributed by atoms with E-state index in [-0.39, 0.29) is 5.41 Å². The van der Waals surface area contributed by atoms with Gasteiger partial charge < -0.3 is 4.18 Å². The van der Waals surface area contributed by atoms with Crippen LogP contribution in [-0.4, -0.2) is 18.1 Å². The van der Waals surface area contributed by atoms with E-state index >= 15 is 0 Å². The minimum atomic E-state index is -0.314. The van der Waals surface area contributed by atoms with Gasteiger partial charge in [-0.1, -0.05) is 44.8 Å². The summed E-state index contributed by atoms with van der Waals surface area (Å²) in [6.07, 6.45) is 9.07. The molecule has 1 aliphatic rings. The third-order valence-electron chi connectivity index (χ3n) is 4.11. The zero-order chi connectivity index (χ0) is 17.3. The van der Waals surface area contributed by atoms with Crippen LogP contribution in [0.15, 0.2) is 35.4 Å². The molecule has 130 valence electrons. The van der Waals surface area contributed by atoms with E-state index in [9.17, 15) is 4.79 Å². The Bertz CT molecular complexity index is 483. The Morgan fingerprint density at radius 2 is 2.26 bits per heavy atom. The molecule has 0 spiro atoms.